The van der Waals surface area contributed by atoms with E-state index < -0.39 is 5.97 Å². The van der Waals surface area contributed by atoms with E-state index in [4.69, 9.17) is 4.84 Å². The maximum Gasteiger partial charge on any atom is 0.332 e. The number of aryl methyl sites for hydroxylation is 1. The van der Waals surface area contributed by atoms with Gasteiger partial charge >= 0.3 is 5.97 Å². The number of nitrogens with zero attached hydrogens (tertiary/aromatic N) is 2. The van der Waals surface area contributed by atoms with E-state index in [2.05, 4.69) is 15.1 Å². The second-order valence-corrected chi connectivity index (χ2v) is 5.90. The molecule has 1 aliphatic rings. The summed E-state index contributed by atoms with van der Waals surface area (Å²) in [7, 11) is 0. The van der Waals surface area contributed by atoms with Crippen LogP contribution in [0.5, 0.6) is 5.88 Å². The van der Waals surface area contributed by atoms with Gasteiger partial charge in [0.25, 0.3) is 0 Å². The highest BCUT2D eigenvalue weighted by molar-refractivity contribution is 6.58. The molecule has 1 aromatic heterocycles. The standard InChI is InChI=1S/C19H15N3O3/c1-10-7-8-12-15(9-10)21-19(24)16(12)18-17(22-25-11(2)23)13-5-3-4-6-14(13)20-18/h3-9,21,24H,1-2H3. The molecular weight excluding hydrogens is 318 g/mol. The third-order valence-corrected chi connectivity index (χ3v) is 4.05. The lowest BCUT2D eigenvalue weighted by atomic mass is 10.0. The Balaban J connectivity index is 1.94. The molecule has 0 saturated heterocycles. The van der Waals surface area contributed by atoms with Gasteiger partial charge < -0.3 is 14.9 Å². The number of benzene rings is 2. The van der Waals surface area contributed by atoms with Gasteiger partial charge in [-0.15, -0.1) is 0 Å². The predicted molar refractivity (Wildman–Crippen MR) is 95.6 cm³/mol. The normalized spacial score (nSPS) is 14.6. The van der Waals surface area contributed by atoms with Gasteiger partial charge in [0.1, 0.15) is 11.4 Å². The summed E-state index contributed by atoms with van der Waals surface area (Å²) in [5, 5.41) is 15.3. The molecule has 0 spiro atoms. The second-order valence-electron chi connectivity index (χ2n) is 5.90. The van der Waals surface area contributed by atoms with Crippen molar-refractivity contribution in [3.8, 4) is 5.88 Å². The average Bonchev–Trinajstić information content (AvgIpc) is 3.08. The van der Waals surface area contributed by atoms with Crippen LogP contribution in [0.2, 0.25) is 0 Å². The molecule has 0 aliphatic carbocycles. The molecule has 25 heavy (non-hydrogen) atoms. The first-order valence-corrected chi connectivity index (χ1v) is 7.80. The maximum atomic E-state index is 11.2. The highest BCUT2D eigenvalue weighted by Gasteiger charge is 2.29. The van der Waals surface area contributed by atoms with Gasteiger partial charge in [0.15, 0.2) is 5.88 Å². The lowest BCUT2D eigenvalue weighted by Gasteiger charge is -2.03. The molecular formula is C19H15N3O3. The molecule has 1 aliphatic heterocycles. The third-order valence-electron chi connectivity index (χ3n) is 4.05. The van der Waals surface area contributed by atoms with Crippen LogP contribution in [0, 0.1) is 6.92 Å². The lowest BCUT2D eigenvalue weighted by Crippen LogP contribution is -2.14. The van der Waals surface area contributed by atoms with Crippen molar-refractivity contribution in [2.75, 3.05) is 0 Å². The van der Waals surface area contributed by atoms with Crippen molar-refractivity contribution in [1.29, 1.82) is 0 Å². The molecule has 0 atom stereocenters. The fourth-order valence-corrected chi connectivity index (χ4v) is 2.99. The van der Waals surface area contributed by atoms with E-state index >= 15 is 0 Å². The van der Waals surface area contributed by atoms with Crippen LogP contribution in [0.1, 0.15) is 23.6 Å². The summed E-state index contributed by atoms with van der Waals surface area (Å²) < 4.78 is 0. The van der Waals surface area contributed by atoms with Crippen LogP contribution in [0.25, 0.3) is 10.9 Å². The summed E-state index contributed by atoms with van der Waals surface area (Å²) in [5.41, 5.74) is 4.77. The third kappa shape index (κ3) is 2.48. The molecule has 0 saturated carbocycles. The van der Waals surface area contributed by atoms with Gasteiger partial charge in [-0.25, -0.2) is 9.79 Å². The summed E-state index contributed by atoms with van der Waals surface area (Å²) in [6.45, 7) is 3.27. The Morgan fingerprint density at radius 1 is 1.24 bits per heavy atom. The number of H-pyrrole nitrogens is 1. The van der Waals surface area contributed by atoms with E-state index in [-0.39, 0.29) is 5.88 Å². The van der Waals surface area contributed by atoms with Gasteiger partial charge in [0.2, 0.25) is 0 Å². The fourth-order valence-electron chi connectivity index (χ4n) is 2.99. The zero-order chi connectivity index (χ0) is 17.6. The Morgan fingerprint density at radius 2 is 2.04 bits per heavy atom. The summed E-state index contributed by atoms with van der Waals surface area (Å²) >= 11 is 0. The number of para-hydroxylation sites is 1. The molecule has 0 radical (unpaired) electrons. The lowest BCUT2D eigenvalue weighted by molar-refractivity contribution is -0.140. The second kappa shape index (κ2) is 5.59. The number of hydrogen-bond acceptors (Lipinski definition) is 5. The van der Waals surface area contributed by atoms with Crippen molar-refractivity contribution in [2.45, 2.75) is 13.8 Å². The number of fused-ring (bicyclic) bond motifs is 2. The first-order chi connectivity index (χ1) is 12.0. The molecule has 2 N–H and O–H groups in total. The number of aliphatic imine (C=N–C) groups is 1. The zero-order valence-electron chi connectivity index (χ0n) is 13.7. The molecule has 0 amide bonds. The monoisotopic (exact) mass is 333 g/mol. The zero-order valence-corrected chi connectivity index (χ0v) is 13.7. The Labute approximate surface area is 143 Å². The molecule has 124 valence electrons. The predicted octanol–water partition coefficient (Wildman–Crippen LogP) is 3.58. The van der Waals surface area contributed by atoms with Crippen LogP contribution in [-0.2, 0) is 9.63 Å². The first-order valence-electron chi connectivity index (χ1n) is 7.80. The largest absolute Gasteiger partial charge is 0.494 e. The molecule has 0 fully saturated rings. The molecule has 6 heteroatoms. The SMILES string of the molecule is CC(=O)ON=C1C(c2c(O)[nH]c3cc(C)ccc23)=Nc2ccccc21. The number of aromatic amines is 1. The van der Waals surface area contributed by atoms with E-state index in [0.717, 1.165) is 22.0 Å². The van der Waals surface area contributed by atoms with Gasteiger partial charge in [-0.2, -0.15) is 0 Å². The maximum absolute atomic E-state index is 11.2. The Hall–Kier alpha value is -3.41. The molecule has 0 bridgehead atoms. The minimum Gasteiger partial charge on any atom is -0.494 e. The topological polar surface area (TPSA) is 87.0 Å². The molecule has 4 rings (SSSR count). The van der Waals surface area contributed by atoms with Crippen LogP contribution < -0.4 is 0 Å². The van der Waals surface area contributed by atoms with E-state index in [9.17, 15) is 9.90 Å². The van der Waals surface area contributed by atoms with Crippen LogP contribution in [-0.4, -0.2) is 27.5 Å². The molecule has 0 unspecified atom stereocenters. The number of aromatic hydroxyl groups is 1. The highest BCUT2D eigenvalue weighted by atomic mass is 16.7. The summed E-state index contributed by atoms with van der Waals surface area (Å²) in [6, 6.07) is 13.3. The van der Waals surface area contributed by atoms with Crippen LogP contribution in [0.15, 0.2) is 52.6 Å². The highest BCUT2D eigenvalue weighted by Crippen LogP contribution is 2.35. The Kier molecular flexibility index (Phi) is 3.39. The number of nitrogens with one attached hydrogen (secondary N) is 1. The number of aromatic nitrogens is 1. The molecule has 2 heterocycles. The van der Waals surface area contributed by atoms with Crippen molar-refractivity contribution in [3.05, 3.63) is 59.2 Å². The fraction of sp³-hybridized carbons (Fsp3) is 0.105. The number of hydrogen-bond donors (Lipinski definition) is 2. The molecule has 6 nitrogen and oxygen atoms in total. The summed E-state index contributed by atoms with van der Waals surface area (Å²) in [4.78, 5) is 23.6. The number of oxime groups is 1. The van der Waals surface area contributed by atoms with Gasteiger partial charge in [0, 0.05) is 23.4 Å². The van der Waals surface area contributed by atoms with Crippen molar-refractivity contribution in [1.82, 2.24) is 4.98 Å². The van der Waals surface area contributed by atoms with Gasteiger partial charge in [0.05, 0.1) is 11.3 Å². The Morgan fingerprint density at radius 3 is 2.84 bits per heavy atom. The van der Waals surface area contributed by atoms with Crippen LogP contribution in [0.3, 0.4) is 0 Å². The van der Waals surface area contributed by atoms with E-state index in [0.29, 0.717) is 22.7 Å². The van der Waals surface area contributed by atoms with Gasteiger partial charge in [-0.05, 0) is 24.6 Å². The smallest absolute Gasteiger partial charge is 0.332 e. The van der Waals surface area contributed by atoms with Crippen LogP contribution in [0.4, 0.5) is 5.69 Å². The van der Waals surface area contributed by atoms with Gasteiger partial charge in [-0.3, -0.25) is 0 Å². The number of rotatable bonds is 2. The summed E-state index contributed by atoms with van der Waals surface area (Å²) in [6.07, 6.45) is 0. The van der Waals surface area contributed by atoms with E-state index in [1.165, 1.54) is 6.92 Å². The molecule has 3 aromatic rings. The van der Waals surface area contributed by atoms with Crippen molar-refractivity contribution in [3.63, 3.8) is 0 Å². The minimum absolute atomic E-state index is 0.00248. The average molecular weight is 333 g/mol. The Bertz CT molecular complexity index is 1080. The molecule has 2 aromatic carbocycles. The summed E-state index contributed by atoms with van der Waals surface area (Å²) in [5.74, 6) is -0.516. The quantitative estimate of drug-likeness (QED) is 0.555. The van der Waals surface area contributed by atoms with Crippen molar-refractivity contribution < 1.29 is 14.7 Å². The van der Waals surface area contributed by atoms with Gasteiger partial charge in [-0.1, -0.05) is 35.5 Å². The van der Waals surface area contributed by atoms with Crippen molar-refractivity contribution in [2.24, 2.45) is 10.1 Å². The van der Waals surface area contributed by atoms with E-state index in [1.54, 1.807) is 0 Å². The number of carbonyl (C=O) groups excluding carboxylic acids is 1. The van der Waals surface area contributed by atoms with Crippen molar-refractivity contribution >= 4 is 34.0 Å². The first kappa shape index (κ1) is 15.1. The van der Waals surface area contributed by atoms with Crippen LogP contribution >= 0.6 is 0 Å². The number of carbonyl (C=O) groups is 1. The minimum atomic E-state index is -0.519. The van der Waals surface area contributed by atoms with E-state index in [1.807, 2.05) is 49.4 Å².